The van der Waals surface area contributed by atoms with E-state index < -0.39 is 0 Å². The molecule has 3 nitrogen and oxygen atoms in total. The second kappa shape index (κ2) is 6.71. The molecule has 0 N–H and O–H groups in total. The van der Waals surface area contributed by atoms with Crippen LogP contribution in [0.1, 0.15) is 36.8 Å². The lowest BCUT2D eigenvalue weighted by atomic mass is 10.1. The van der Waals surface area contributed by atoms with Crippen molar-refractivity contribution in [2.75, 3.05) is 13.7 Å². The van der Waals surface area contributed by atoms with Crippen LogP contribution >= 0.6 is 0 Å². The van der Waals surface area contributed by atoms with E-state index in [2.05, 4.69) is 36.1 Å². The Morgan fingerprint density at radius 3 is 2.63 bits per heavy atom. The van der Waals surface area contributed by atoms with E-state index >= 15 is 0 Å². The van der Waals surface area contributed by atoms with Crippen LogP contribution in [0.2, 0.25) is 0 Å². The third kappa shape index (κ3) is 3.80. The maximum Gasteiger partial charge on any atom is 0.319 e. The number of aryl methyl sites for hydroxylation is 1. The van der Waals surface area contributed by atoms with Gasteiger partial charge in [-0.25, -0.2) is 0 Å². The highest BCUT2D eigenvalue weighted by Gasteiger charge is 2.25. The molecule has 1 aliphatic rings. The molecular weight excluding hydrogens is 238 g/mol. The van der Waals surface area contributed by atoms with Crippen molar-refractivity contribution in [2.24, 2.45) is 0 Å². The van der Waals surface area contributed by atoms with Gasteiger partial charge in [-0.05, 0) is 30.9 Å². The number of methoxy groups -OCH3 is 1. The molecule has 19 heavy (non-hydrogen) atoms. The SMILES string of the molecule is COC(=O)CN(Cc1ccccc1C)C1CCCC1. The second-order valence-corrected chi connectivity index (χ2v) is 5.35. The van der Waals surface area contributed by atoms with Crippen LogP contribution in [0.5, 0.6) is 0 Å². The molecule has 0 aliphatic heterocycles. The van der Waals surface area contributed by atoms with Gasteiger partial charge in [0, 0.05) is 12.6 Å². The van der Waals surface area contributed by atoms with Crippen molar-refractivity contribution in [3.8, 4) is 0 Å². The standard InChI is InChI=1S/C16H23NO2/c1-13-7-3-4-8-14(13)11-17(12-16(18)19-2)15-9-5-6-10-15/h3-4,7-8,15H,5-6,9-12H2,1-2H3. The minimum Gasteiger partial charge on any atom is -0.468 e. The molecule has 1 aromatic carbocycles. The summed E-state index contributed by atoms with van der Waals surface area (Å²) in [6, 6.07) is 8.92. The number of hydrogen-bond donors (Lipinski definition) is 0. The number of carbonyl (C=O) groups is 1. The highest BCUT2D eigenvalue weighted by atomic mass is 16.5. The molecule has 2 rings (SSSR count). The highest BCUT2D eigenvalue weighted by Crippen LogP contribution is 2.25. The minimum atomic E-state index is -0.138. The Kier molecular flexibility index (Phi) is 4.97. The summed E-state index contributed by atoms with van der Waals surface area (Å²) >= 11 is 0. The Morgan fingerprint density at radius 1 is 1.32 bits per heavy atom. The summed E-state index contributed by atoms with van der Waals surface area (Å²) < 4.78 is 4.83. The largest absolute Gasteiger partial charge is 0.468 e. The van der Waals surface area contributed by atoms with Crippen LogP contribution < -0.4 is 0 Å². The molecule has 104 valence electrons. The van der Waals surface area contributed by atoms with Gasteiger partial charge in [0.15, 0.2) is 0 Å². The van der Waals surface area contributed by atoms with E-state index in [1.54, 1.807) is 0 Å². The Hall–Kier alpha value is -1.35. The number of rotatable bonds is 5. The first-order chi connectivity index (χ1) is 9.20. The molecule has 0 heterocycles. The lowest BCUT2D eigenvalue weighted by molar-refractivity contribution is -0.142. The zero-order valence-corrected chi connectivity index (χ0v) is 11.9. The summed E-state index contributed by atoms with van der Waals surface area (Å²) in [5.41, 5.74) is 2.59. The van der Waals surface area contributed by atoms with Crippen LogP contribution in [0.15, 0.2) is 24.3 Å². The van der Waals surface area contributed by atoms with Gasteiger partial charge in [0.25, 0.3) is 0 Å². The fourth-order valence-corrected chi connectivity index (χ4v) is 2.82. The fourth-order valence-electron chi connectivity index (χ4n) is 2.82. The van der Waals surface area contributed by atoms with E-state index in [1.165, 1.54) is 43.9 Å². The first-order valence-electron chi connectivity index (χ1n) is 7.06. The molecule has 1 saturated carbocycles. The second-order valence-electron chi connectivity index (χ2n) is 5.35. The molecule has 3 heteroatoms. The van der Waals surface area contributed by atoms with Crippen LogP contribution in [-0.2, 0) is 16.1 Å². The number of nitrogens with zero attached hydrogens (tertiary/aromatic N) is 1. The summed E-state index contributed by atoms with van der Waals surface area (Å²) in [4.78, 5) is 13.9. The molecule has 0 amide bonds. The predicted octanol–water partition coefficient (Wildman–Crippen LogP) is 2.91. The third-order valence-electron chi connectivity index (χ3n) is 4.04. The molecule has 1 aromatic rings. The normalized spacial score (nSPS) is 15.9. The molecule has 0 atom stereocenters. The van der Waals surface area contributed by atoms with Gasteiger partial charge in [0.05, 0.1) is 13.7 Å². The van der Waals surface area contributed by atoms with Gasteiger partial charge in [-0.15, -0.1) is 0 Å². The number of hydrogen-bond acceptors (Lipinski definition) is 3. The molecule has 0 radical (unpaired) electrons. The van der Waals surface area contributed by atoms with Crippen LogP contribution in [0.25, 0.3) is 0 Å². The topological polar surface area (TPSA) is 29.5 Å². The minimum absolute atomic E-state index is 0.138. The molecule has 0 bridgehead atoms. The molecule has 0 saturated heterocycles. The lowest BCUT2D eigenvalue weighted by Crippen LogP contribution is -2.37. The maximum atomic E-state index is 11.6. The van der Waals surface area contributed by atoms with E-state index in [0.717, 1.165) is 6.54 Å². The van der Waals surface area contributed by atoms with Crippen LogP contribution in [0, 0.1) is 6.92 Å². The zero-order chi connectivity index (χ0) is 13.7. The van der Waals surface area contributed by atoms with Crippen molar-refractivity contribution in [2.45, 2.75) is 45.2 Å². The van der Waals surface area contributed by atoms with Gasteiger partial charge in [-0.1, -0.05) is 37.1 Å². The molecular formula is C16H23NO2. The van der Waals surface area contributed by atoms with Crippen LogP contribution in [0.3, 0.4) is 0 Å². The van der Waals surface area contributed by atoms with E-state index in [1.807, 2.05) is 0 Å². The Bertz CT molecular complexity index is 425. The third-order valence-corrected chi connectivity index (χ3v) is 4.04. The van der Waals surface area contributed by atoms with E-state index in [0.29, 0.717) is 12.6 Å². The Labute approximate surface area is 115 Å². The Morgan fingerprint density at radius 2 is 2.00 bits per heavy atom. The summed E-state index contributed by atoms with van der Waals surface area (Å²) in [7, 11) is 1.46. The predicted molar refractivity (Wildman–Crippen MR) is 75.9 cm³/mol. The molecule has 0 unspecified atom stereocenters. The summed E-state index contributed by atoms with van der Waals surface area (Å²) in [5, 5.41) is 0. The number of benzene rings is 1. The molecule has 1 aliphatic carbocycles. The molecule has 1 fully saturated rings. The highest BCUT2D eigenvalue weighted by molar-refractivity contribution is 5.71. The van der Waals surface area contributed by atoms with Gasteiger partial charge in [-0.3, -0.25) is 9.69 Å². The fraction of sp³-hybridized carbons (Fsp3) is 0.562. The number of esters is 1. The average Bonchev–Trinajstić information content (AvgIpc) is 2.94. The first-order valence-corrected chi connectivity index (χ1v) is 7.06. The smallest absolute Gasteiger partial charge is 0.319 e. The molecule has 0 aromatic heterocycles. The van der Waals surface area contributed by atoms with Gasteiger partial charge >= 0.3 is 5.97 Å². The number of ether oxygens (including phenoxy) is 1. The van der Waals surface area contributed by atoms with Crippen molar-refractivity contribution >= 4 is 5.97 Å². The van der Waals surface area contributed by atoms with Gasteiger partial charge in [0.1, 0.15) is 0 Å². The van der Waals surface area contributed by atoms with Crippen molar-refractivity contribution < 1.29 is 9.53 Å². The maximum absolute atomic E-state index is 11.6. The van der Waals surface area contributed by atoms with E-state index in [-0.39, 0.29) is 5.97 Å². The van der Waals surface area contributed by atoms with Crippen molar-refractivity contribution in [1.82, 2.24) is 4.90 Å². The number of carbonyl (C=O) groups excluding carboxylic acids is 1. The van der Waals surface area contributed by atoms with Gasteiger partial charge < -0.3 is 4.74 Å². The summed E-state index contributed by atoms with van der Waals surface area (Å²) in [6.07, 6.45) is 4.94. The first kappa shape index (κ1) is 14.1. The lowest BCUT2D eigenvalue weighted by Gasteiger charge is -2.28. The Balaban J connectivity index is 2.08. The average molecular weight is 261 g/mol. The summed E-state index contributed by atoms with van der Waals surface area (Å²) in [6.45, 7) is 3.36. The van der Waals surface area contributed by atoms with E-state index in [9.17, 15) is 4.79 Å². The zero-order valence-electron chi connectivity index (χ0n) is 11.9. The van der Waals surface area contributed by atoms with Gasteiger partial charge in [-0.2, -0.15) is 0 Å². The van der Waals surface area contributed by atoms with E-state index in [4.69, 9.17) is 4.74 Å². The van der Waals surface area contributed by atoms with Crippen LogP contribution in [-0.4, -0.2) is 30.6 Å². The summed E-state index contributed by atoms with van der Waals surface area (Å²) in [5.74, 6) is -0.138. The quantitative estimate of drug-likeness (QED) is 0.763. The monoisotopic (exact) mass is 261 g/mol. The molecule has 0 spiro atoms. The van der Waals surface area contributed by atoms with Crippen molar-refractivity contribution in [1.29, 1.82) is 0 Å². The van der Waals surface area contributed by atoms with Crippen LogP contribution in [0.4, 0.5) is 0 Å². The van der Waals surface area contributed by atoms with Crippen molar-refractivity contribution in [3.63, 3.8) is 0 Å². The van der Waals surface area contributed by atoms with Gasteiger partial charge in [0.2, 0.25) is 0 Å². The van der Waals surface area contributed by atoms with Crippen molar-refractivity contribution in [3.05, 3.63) is 35.4 Å².